The Balaban J connectivity index is 1.72. The lowest BCUT2D eigenvalue weighted by molar-refractivity contribution is -0.117. The molecule has 2 heterocycles. The molecule has 3 aromatic rings. The largest absolute Gasteiger partial charge is 0.491 e. The molecule has 4 rings (SSSR count). The summed E-state index contributed by atoms with van der Waals surface area (Å²) in [5.74, 6) is 6.18. The van der Waals surface area contributed by atoms with Crippen molar-refractivity contribution in [3.05, 3.63) is 44.6 Å². The second-order valence-corrected chi connectivity index (χ2v) is 10.2. The van der Waals surface area contributed by atoms with Gasteiger partial charge in [-0.25, -0.2) is 13.2 Å². The number of nitrogens with one attached hydrogen (secondary N) is 1. The van der Waals surface area contributed by atoms with Gasteiger partial charge in [-0.05, 0) is 25.0 Å². The third kappa shape index (κ3) is 5.60. The van der Waals surface area contributed by atoms with E-state index in [0.717, 1.165) is 26.5 Å². The molecule has 0 aliphatic heterocycles. The lowest BCUT2D eigenvalue weighted by atomic mass is 10.2. The van der Waals surface area contributed by atoms with Crippen molar-refractivity contribution in [2.24, 2.45) is 20.0 Å². The first-order chi connectivity index (χ1) is 18.1. The summed E-state index contributed by atoms with van der Waals surface area (Å²) in [5.41, 5.74) is -0.668. The summed E-state index contributed by atoms with van der Waals surface area (Å²) >= 11 is 0. The fourth-order valence-corrected chi connectivity index (χ4v) is 4.44. The highest BCUT2D eigenvalue weighted by Crippen LogP contribution is 2.31. The van der Waals surface area contributed by atoms with Gasteiger partial charge in [0.05, 0.1) is 13.2 Å². The lowest BCUT2D eigenvalue weighted by Gasteiger charge is -2.10. The Kier molecular flexibility index (Phi) is 6.86. The average molecular weight is 531 g/mol. The quantitative estimate of drug-likeness (QED) is 0.323. The number of benzene rings is 1. The highest BCUT2D eigenvalue weighted by molar-refractivity contribution is 7.90. The summed E-state index contributed by atoms with van der Waals surface area (Å²) in [7, 11) is 0.0832. The van der Waals surface area contributed by atoms with Crippen LogP contribution in [0.2, 0.25) is 0 Å². The fraction of sp³-hybridized carbons (Fsp3) is 0.417. The molecular formula is C24H27N5O7S. The highest BCUT2D eigenvalue weighted by Gasteiger charge is 2.29. The van der Waals surface area contributed by atoms with Gasteiger partial charge in [-0.1, -0.05) is 11.8 Å². The smallest absolute Gasteiger partial charge is 0.333 e. The van der Waals surface area contributed by atoms with E-state index < -0.39 is 32.5 Å². The van der Waals surface area contributed by atoms with Gasteiger partial charge in [-0.2, -0.15) is 4.98 Å². The average Bonchev–Trinajstić information content (AvgIpc) is 3.67. The van der Waals surface area contributed by atoms with Crippen LogP contribution in [0.4, 0.5) is 5.69 Å². The Labute approximate surface area is 214 Å². The summed E-state index contributed by atoms with van der Waals surface area (Å²) in [6, 6.07) is 5.04. The van der Waals surface area contributed by atoms with E-state index in [1.807, 2.05) is 0 Å². The van der Waals surface area contributed by atoms with Crippen molar-refractivity contribution < 1.29 is 24.1 Å². The number of aromatic nitrogens is 4. The summed E-state index contributed by atoms with van der Waals surface area (Å²) in [5, 5.41) is 2.38. The van der Waals surface area contributed by atoms with Crippen molar-refractivity contribution in [3.63, 3.8) is 0 Å². The highest BCUT2D eigenvalue weighted by atomic mass is 32.2. The van der Waals surface area contributed by atoms with Gasteiger partial charge >= 0.3 is 5.69 Å². The number of ether oxygens (including phenoxy) is 2. The van der Waals surface area contributed by atoms with Crippen molar-refractivity contribution in [2.45, 2.75) is 24.5 Å². The number of anilines is 1. The maximum absolute atomic E-state index is 12.9. The molecule has 1 saturated carbocycles. The van der Waals surface area contributed by atoms with Crippen LogP contribution in [0.5, 0.6) is 5.75 Å². The maximum Gasteiger partial charge on any atom is 0.333 e. The number of fused-ring (bicyclic) bond motifs is 1. The van der Waals surface area contributed by atoms with Gasteiger partial charge in [-0.3, -0.25) is 18.7 Å². The van der Waals surface area contributed by atoms with Crippen molar-refractivity contribution in [1.82, 2.24) is 18.7 Å². The Morgan fingerprint density at radius 1 is 1.22 bits per heavy atom. The number of carbonyl (C=O) groups is 1. The van der Waals surface area contributed by atoms with E-state index in [0.29, 0.717) is 23.6 Å². The second-order valence-electron chi connectivity index (χ2n) is 8.63. The first kappa shape index (κ1) is 24.8. The summed E-state index contributed by atoms with van der Waals surface area (Å²) in [6.07, 6.45) is 0.740. The molecule has 12 nitrogen and oxygen atoms in total. The van der Waals surface area contributed by atoms with Crippen molar-refractivity contribution >= 4 is 32.6 Å². The summed E-state index contributed by atoms with van der Waals surface area (Å²) in [4.78, 5) is 41.9. The van der Waals surface area contributed by atoms with Crippen LogP contribution < -0.4 is 21.3 Å². The van der Waals surface area contributed by atoms with E-state index in [2.05, 4.69) is 22.1 Å². The monoisotopic (exact) mass is 530 g/mol. The van der Waals surface area contributed by atoms with Crippen molar-refractivity contribution in [3.8, 4) is 17.6 Å². The minimum atomic E-state index is -4.08. The van der Waals surface area contributed by atoms with Gasteiger partial charge in [0.15, 0.2) is 11.2 Å². The summed E-state index contributed by atoms with van der Waals surface area (Å²) in [6.45, 7) is 0.449. The number of amides is 1. The zero-order valence-corrected chi connectivity index (χ0v) is 21.4. The third-order valence-corrected chi connectivity index (χ3v) is 6.66. The Morgan fingerprint density at radius 2 is 1.97 bits per heavy atom. The van der Waals surface area contributed by atoms with E-state index >= 15 is 0 Å². The number of nitrogens with zero attached hydrogens (tertiary/aromatic N) is 4. The van der Waals surface area contributed by atoms with E-state index in [1.165, 1.54) is 14.1 Å². The molecule has 0 unspecified atom stereocenters. The minimum absolute atomic E-state index is 0.00346. The molecule has 2 aromatic heterocycles. The Hall–Kier alpha value is -3.89. The standard InChI is InChI=1S/C24H27N5O7S/c1-27-19-20(26-23(27)37(4,33)34)29(24(32)28(2)22(19)31)9-5-6-15-12-17(25-21(30)16-7-8-16)14-18(13-15)36-11-10-35-3/h12-14,16H,7-11H2,1-4H3,(H,25,30)/i4D. The van der Waals surface area contributed by atoms with Gasteiger partial charge in [0.1, 0.15) is 12.4 Å². The van der Waals surface area contributed by atoms with Crippen LogP contribution in [-0.2, 0) is 40.0 Å². The Bertz CT molecular complexity index is 1690. The molecule has 37 heavy (non-hydrogen) atoms. The topological polar surface area (TPSA) is 144 Å². The van der Waals surface area contributed by atoms with Crippen LogP contribution in [0.1, 0.15) is 19.8 Å². The number of hydrogen-bond donors (Lipinski definition) is 1. The van der Waals surface area contributed by atoms with Crippen LogP contribution in [-0.4, -0.2) is 59.6 Å². The van der Waals surface area contributed by atoms with Crippen molar-refractivity contribution in [1.29, 1.82) is 0 Å². The molecule has 1 aromatic carbocycles. The molecule has 196 valence electrons. The first-order valence-electron chi connectivity index (χ1n) is 12.0. The van der Waals surface area contributed by atoms with Crippen LogP contribution in [0.25, 0.3) is 11.2 Å². The second kappa shape index (κ2) is 10.2. The molecule has 1 fully saturated rings. The number of carbonyl (C=O) groups excluding carboxylic acids is 1. The summed E-state index contributed by atoms with van der Waals surface area (Å²) < 4.78 is 45.7. The predicted octanol–water partition coefficient (Wildman–Crippen LogP) is 0.263. The minimum Gasteiger partial charge on any atom is -0.491 e. The Morgan fingerprint density at radius 3 is 2.65 bits per heavy atom. The number of hydrogen-bond acceptors (Lipinski definition) is 8. The molecule has 13 heteroatoms. The normalized spacial score (nSPS) is 13.6. The van der Waals surface area contributed by atoms with Crippen LogP contribution in [0.15, 0.2) is 32.9 Å². The van der Waals surface area contributed by atoms with Crippen LogP contribution in [0, 0.1) is 17.8 Å². The SMILES string of the molecule is [2H]CS(=O)(=O)c1nc2c(c(=O)n(C)c(=O)n2CC#Cc2cc(NC(=O)C3CC3)cc(OCCOC)c2)n1C. The van der Waals surface area contributed by atoms with E-state index in [4.69, 9.17) is 10.8 Å². The third-order valence-electron chi connectivity index (χ3n) is 5.74. The first-order valence-corrected chi connectivity index (χ1v) is 13.0. The van der Waals surface area contributed by atoms with Crippen LogP contribution in [0.3, 0.4) is 0 Å². The number of sulfone groups is 1. The van der Waals surface area contributed by atoms with Gasteiger partial charge in [0, 0.05) is 52.0 Å². The van der Waals surface area contributed by atoms with Crippen molar-refractivity contribution in [2.75, 3.05) is 31.9 Å². The molecule has 1 amide bonds. The predicted molar refractivity (Wildman–Crippen MR) is 135 cm³/mol. The molecule has 1 aliphatic carbocycles. The lowest BCUT2D eigenvalue weighted by Crippen LogP contribution is -2.38. The zero-order valence-electron chi connectivity index (χ0n) is 21.6. The van der Waals surface area contributed by atoms with Gasteiger partial charge in [0.2, 0.25) is 20.9 Å². The molecule has 0 spiro atoms. The van der Waals surface area contributed by atoms with Gasteiger partial charge in [-0.15, -0.1) is 0 Å². The molecule has 0 atom stereocenters. The molecular weight excluding hydrogens is 502 g/mol. The van der Waals surface area contributed by atoms with E-state index in [-0.39, 0.29) is 36.1 Å². The van der Waals surface area contributed by atoms with E-state index in [9.17, 15) is 22.8 Å². The number of aryl methyl sites for hydroxylation is 1. The zero-order chi connectivity index (χ0) is 27.6. The maximum atomic E-state index is 12.9. The molecule has 0 bridgehead atoms. The van der Waals surface area contributed by atoms with Gasteiger partial charge in [0.25, 0.3) is 5.56 Å². The molecule has 0 radical (unpaired) electrons. The molecule has 1 aliphatic rings. The fourth-order valence-electron chi connectivity index (χ4n) is 3.71. The number of methoxy groups -OCH3 is 1. The van der Waals surface area contributed by atoms with E-state index in [1.54, 1.807) is 25.3 Å². The molecule has 0 saturated heterocycles. The number of imidazole rings is 1. The molecule has 1 N–H and O–H groups in total. The van der Waals surface area contributed by atoms with Gasteiger partial charge < -0.3 is 19.4 Å². The van der Waals surface area contributed by atoms with Crippen LogP contribution >= 0.6 is 0 Å². The number of rotatable bonds is 8.